The minimum absolute atomic E-state index is 0.0784. The third-order valence-corrected chi connectivity index (χ3v) is 6.99. The molecule has 5 heterocycles. The second-order valence-corrected chi connectivity index (χ2v) is 8.52. The molecule has 0 aromatic heterocycles. The number of ether oxygens (including phenoxy) is 3. The van der Waals surface area contributed by atoms with Gasteiger partial charge in [-0.25, -0.2) is 14.6 Å². The lowest BCUT2D eigenvalue weighted by molar-refractivity contribution is -0.559. The van der Waals surface area contributed by atoms with E-state index in [1.807, 2.05) is 6.92 Å². The highest BCUT2D eigenvalue weighted by molar-refractivity contribution is 5.84. The zero-order valence-corrected chi connectivity index (χ0v) is 15.0. The highest BCUT2D eigenvalue weighted by atomic mass is 17.3. The highest BCUT2D eigenvalue weighted by Crippen LogP contribution is 2.60. The van der Waals surface area contributed by atoms with Gasteiger partial charge in [-0.05, 0) is 38.2 Å². The van der Waals surface area contributed by atoms with Crippen LogP contribution in [0.4, 0.5) is 0 Å². The molecule has 7 heteroatoms. The van der Waals surface area contributed by atoms with Crippen LogP contribution in [0, 0.1) is 23.7 Å². The predicted molar refractivity (Wildman–Crippen MR) is 86.0 cm³/mol. The van der Waals surface area contributed by atoms with Crippen LogP contribution in [0.3, 0.4) is 0 Å². The Hall–Kier alpha value is -1.44. The van der Waals surface area contributed by atoms with Gasteiger partial charge in [0.05, 0.1) is 5.92 Å². The molecule has 1 unspecified atom stereocenters. The molecule has 0 N–H and O–H groups in total. The summed E-state index contributed by atoms with van der Waals surface area (Å²) in [5.41, 5.74) is -0.779. The molecule has 7 nitrogen and oxygen atoms in total. The topological polar surface area (TPSA) is 80.3 Å². The summed E-state index contributed by atoms with van der Waals surface area (Å²) in [4.78, 5) is 36.0. The molecule has 2 bridgehead atoms. The fraction of sp³-hybridized carbons (Fsp3) is 0.789. The quantitative estimate of drug-likeness (QED) is 0.549. The van der Waals surface area contributed by atoms with Crippen molar-refractivity contribution >= 4 is 11.9 Å². The Morgan fingerprint density at radius 2 is 1.96 bits per heavy atom. The fourth-order valence-corrected chi connectivity index (χ4v) is 5.67. The van der Waals surface area contributed by atoms with Crippen LogP contribution in [-0.2, 0) is 33.6 Å². The number of carbonyl (C=O) groups is 2. The van der Waals surface area contributed by atoms with Crippen molar-refractivity contribution in [1.82, 2.24) is 0 Å². The average molecular weight is 364 g/mol. The maximum atomic E-state index is 12.8. The van der Waals surface area contributed by atoms with Crippen molar-refractivity contribution in [3.05, 3.63) is 12.2 Å². The molecule has 0 aromatic rings. The van der Waals surface area contributed by atoms with E-state index in [9.17, 15) is 9.59 Å². The molecule has 5 fully saturated rings. The number of hydrogen-bond acceptors (Lipinski definition) is 7. The van der Waals surface area contributed by atoms with E-state index in [1.165, 1.54) is 6.08 Å². The van der Waals surface area contributed by atoms with Gasteiger partial charge in [-0.2, -0.15) is 0 Å². The van der Waals surface area contributed by atoms with Crippen molar-refractivity contribution < 1.29 is 33.6 Å². The minimum atomic E-state index is -0.881. The van der Waals surface area contributed by atoms with Crippen LogP contribution in [0.15, 0.2) is 12.2 Å². The molecule has 1 aliphatic carbocycles. The van der Waals surface area contributed by atoms with Gasteiger partial charge in [-0.3, -0.25) is 4.79 Å². The van der Waals surface area contributed by atoms with Crippen LogP contribution < -0.4 is 0 Å². The summed E-state index contributed by atoms with van der Waals surface area (Å²) in [6.07, 6.45) is 5.86. The zero-order valence-electron chi connectivity index (χ0n) is 15.0. The monoisotopic (exact) mass is 364 g/mol. The van der Waals surface area contributed by atoms with Crippen molar-refractivity contribution in [1.29, 1.82) is 0 Å². The van der Waals surface area contributed by atoms with Crippen molar-refractivity contribution in [2.75, 3.05) is 0 Å². The fourth-order valence-electron chi connectivity index (χ4n) is 5.67. The second kappa shape index (κ2) is 5.53. The van der Waals surface area contributed by atoms with E-state index >= 15 is 0 Å². The van der Waals surface area contributed by atoms with Gasteiger partial charge >= 0.3 is 11.9 Å². The third-order valence-electron chi connectivity index (χ3n) is 6.99. The predicted octanol–water partition coefficient (Wildman–Crippen LogP) is 2.25. The van der Waals surface area contributed by atoms with Gasteiger partial charge in [0.15, 0.2) is 5.60 Å². The molecule has 4 saturated heterocycles. The van der Waals surface area contributed by atoms with Gasteiger partial charge in [0, 0.05) is 30.8 Å². The Bertz CT molecular complexity index is 675. The summed E-state index contributed by atoms with van der Waals surface area (Å²) in [5, 5.41) is 0. The van der Waals surface area contributed by atoms with Crippen LogP contribution >= 0.6 is 0 Å². The first-order chi connectivity index (χ1) is 12.4. The van der Waals surface area contributed by atoms with Gasteiger partial charge in [0.1, 0.15) is 6.10 Å². The number of rotatable bonds is 2. The molecule has 8 atom stereocenters. The summed E-state index contributed by atoms with van der Waals surface area (Å²) in [6.45, 7) is 4.06. The molecule has 1 saturated carbocycles. The van der Waals surface area contributed by atoms with E-state index in [1.54, 1.807) is 6.08 Å². The van der Waals surface area contributed by atoms with Crippen LogP contribution in [0.5, 0.6) is 0 Å². The maximum absolute atomic E-state index is 12.8. The van der Waals surface area contributed by atoms with Crippen molar-refractivity contribution in [3.63, 3.8) is 0 Å². The smallest absolute Gasteiger partial charge is 0.331 e. The standard InChI is InChI=1S/C19H24O7/c1-10-3-5-14-12(9-11-4-6-15(20)22-11)16(21)23-17-19(14)13(10)7-8-18(2,24-17)25-26-19/h4,6,10-14,17H,3,5,7-9H2,1-2H3/t10-,11?,12-,13+,14+,17-,18+,19-/m1/s1. The summed E-state index contributed by atoms with van der Waals surface area (Å²) >= 11 is 0. The third kappa shape index (κ3) is 2.23. The molecule has 1 spiro atoms. The van der Waals surface area contributed by atoms with Gasteiger partial charge in [0.25, 0.3) is 0 Å². The van der Waals surface area contributed by atoms with Crippen molar-refractivity contribution in [2.24, 2.45) is 23.7 Å². The van der Waals surface area contributed by atoms with Crippen LogP contribution in [0.2, 0.25) is 0 Å². The van der Waals surface area contributed by atoms with E-state index in [2.05, 4.69) is 6.92 Å². The van der Waals surface area contributed by atoms with Gasteiger partial charge in [-0.15, -0.1) is 0 Å². The molecule has 6 rings (SSSR count). The Labute approximate surface area is 151 Å². The van der Waals surface area contributed by atoms with Crippen molar-refractivity contribution in [3.8, 4) is 0 Å². The number of esters is 2. The molecule has 0 amide bonds. The summed E-state index contributed by atoms with van der Waals surface area (Å²) < 4.78 is 17.1. The molecule has 6 aliphatic rings. The first kappa shape index (κ1) is 16.7. The Kier molecular flexibility index (Phi) is 3.56. The minimum Gasteiger partial charge on any atom is -0.455 e. The lowest BCUT2D eigenvalue weighted by atomic mass is 9.57. The molecule has 142 valence electrons. The van der Waals surface area contributed by atoms with E-state index in [4.69, 9.17) is 24.0 Å². The van der Waals surface area contributed by atoms with E-state index in [0.29, 0.717) is 18.8 Å². The first-order valence-electron chi connectivity index (χ1n) is 9.55. The number of hydrogen-bond donors (Lipinski definition) is 0. The van der Waals surface area contributed by atoms with Crippen LogP contribution in [0.25, 0.3) is 0 Å². The largest absolute Gasteiger partial charge is 0.455 e. The molecule has 5 aliphatic heterocycles. The Morgan fingerprint density at radius 1 is 1.12 bits per heavy atom. The average Bonchev–Trinajstić information content (AvgIpc) is 2.87. The maximum Gasteiger partial charge on any atom is 0.331 e. The number of cyclic esters (lactones) is 1. The number of carbonyl (C=O) groups excluding carboxylic acids is 2. The van der Waals surface area contributed by atoms with E-state index < -0.39 is 29.7 Å². The van der Waals surface area contributed by atoms with Crippen LogP contribution in [-0.4, -0.2) is 35.7 Å². The lowest BCUT2D eigenvalue weighted by Crippen LogP contribution is -2.70. The SMILES string of the molecule is C[C@@H]1CC[C@H]2[C@@H](CC3C=CC(=O)O3)C(=O)O[C@@H]3O[C@]4(C)CC[C@@H]1[C@]32OO4. The van der Waals surface area contributed by atoms with Crippen LogP contribution in [0.1, 0.15) is 46.0 Å². The second-order valence-electron chi connectivity index (χ2n) is 8.52. The molecular formula is C19H24O7. The Balaban J connectivity index is 1.51. The molecular weight excluding hydrogens is 340 g/mol. The Morgan fingerprint density at radius 3 is 2.73 bits per heavy atom. The lowest BCUT2D eigenvalue weighted by Gasteiger charge is -2.58. The summed E-state index contributed by atoms with van der Waals surface area (Å²) in [7, 11) is 0. The summed E-state index contributed by atoms with van der Waals surface area (Å²) in [6, 6.07) is 0. The normalized spacial score (nSPS) is 52.2. The van der Waals surface area contributed by atoms with E-state index in [0.717, 1.165) is 19.3 Å². The highest BCUT2D eigenvalue weighted by Gasteiger charge is 2.70. The summed E-state index contributed by atoms with van der Waals surface area (Å²) in [5.74, 6) is -1.39. The van der Waals surface area contributed by atoms with Gasteiger partial charge in [-0.1, -0.05) is 6.92 Å². The van der Waals surface area contributed by atoms with Gasteiger partial charge < -0.3 is 14.2 Å². The van der Waals surface area contributed by atoms with E-state index in [-0.39, 0.29) is 23.8 Å². The van der Waals surface area contributed by atoms with Gasteiger partial charge in [0.2, 0.25) is 12.1 Å². The number of fused-ring (bicyclic) bond motifs is 2. The molecule has 26 heavy (non-hydrogen) atoms. The first-order valence-corrected chi connectivity index (χ1v) is 9.55. The van der Waals surface area contributed by atoms with Crippen molar-refractivity contribution in [2.45, 2.75) is 69.7 Å². The zero-order chi connectivity index (χ0) is 18.1. The molecule has 0 aromatic carbocycles. The molecule has 0 radical (unpaired) electrons.